The molecule has 1 aromatic heterocycles. The van der Waals surface area contributed by atoms with Gasteiger partial charge in [0.1, 0.15) is 6.07 Å². The standard InChI is InChI=1S/C21H22N6/c1-16-8-9-17(2)20(14-16)27-23-19(15-22)21(24-27)26-12-10-25(11-13-26)18-6-4-3-5-7-18/h3-9,14H,10-13H2,1-2H3. The van der Waals surface area contributed by atoms with Crippen molar-refractivity contribution in [3.63, 3.8) is 0 Å². The summed E-state index contributed by atoms with van der Waals surface area (Å²) in [4.78, 5) is 6.12. The summed E-state index contributed by atoms with van der Waals surface area (Å²) in [6.07, 6.45) is 0. The molecule has 6 heteroatoms. The number of piperazine rings is 1. The van der Waals surface area contributed by atoms with E-state index in [-0.39, 0.29) is 0 Å². The number of hydrogen-bond acceptors (Lipinski definition) is 5. The third kappa shape index (κ3) is 3.36. The molecular weight excluding hydrogens is 336 g/mol. The third-order valence-electron chi connectivity index (χ3n) is 4.98. The quantitative estimate of drug-likeness (QED) is 0.720. The molecule has 1 aliphatic rings. The van der Waals surface area contributed by atoms with Crippen molar-refractivity contribution in [1.82, 2.24) is 15.0 Å². The van der Waals surface area contributed by atoms with Gasteiger partial charge in [-0.25, -0.2) is 0 Å². The average molecular weight is 358 g/mol. The Kier molecular flexibility index (Phi) is 4.51. The summed E-state index contributed by atoms with van der Waals surface area (Å²) in [7, 11) is 0. The molecule has 136 valence electrons. The molecule has 0 atom stereocenters. The van der Waals surface area contributed by atoms with Crippen LogP contribution >= 0.6 is 0 Å². The second kappa shape index (κ2) is 7.12. The number of benzene rings is 2. The van der Waals surface area contributed by atoms with Crippen LogP contribution in [0.4, 0.5) is 11.5 Å². The number of para-hydroxylation sites is 1. The molecule has 0 amide bonds. The number of aromatic nitrogens is 3. The lowest BCUT2D eigenvalue weighted by Gasteiger charge is -2.36. The fraction of sp³-hybridized carbons (Fsp3) is 0.286. The summed E-state index contributed by atoms with van der Waals surface area (Å²) in [5.41, 5.74) is 4.76. The highest BCUT2D eigenvalue weighted by atomic mass is 15.5. The van der Waals surface area contributed by atoms with Crippen LogP contribution in [-0.2, 0) is 0 Å². The van der Waals surface area contributed by atoms with E-state index in [2.05, 4.69) is 62.5 Å². The van der Waals surface area contributed by atoms with Crippen molar-refractivity contribution in [3.8, 4) is 11.8 Å². The van der Waals surface area contributed by atoms with Crippen molar-refractivity contribution in [2.75, 3.05) is 36.0 Å². The summed E-state index contributed by atoms with van der Waals surface area (Å²) in [5.74, 6) is 0.672. The summed E-state index contributed by atoms with van der Waals surface area (Å²) in [6, 6.07) is 18.8. The van der Waals surface area contributed by atoms with Crippen molar-refractivity contribution in [3.05, 3.63) is 65.4 Å². The molecule has 2 heterocycles. The Labute approximate surface area is 159 Å². The van der Waals surface area contributed by atoms with Gasteiger partial charge in [-0.1, -0.05) is 30.3 Å². The lowest BCUT2D eigenvalue weighted by atomic mass is 10.1. The van der Waals surface area contributed by atoms with Crippen LogP contribution in [0.5, 0.6) is 0 Å². The van der Waals surface area contributed by atoms with Crippen LogP contribution in [0.2, 0.25) is 0 Å². The summed E-state index contributed by atoms with van der Waals surface area (Å²) >= 11 is 0. The van der Waals surface area contributed by atoms with E-state index in [0.29, 0.717) is 11.5 Å². The van der Waals surface area contributed by atoms with E-state index in [1.165, 1.54) is 5.69 Å². The van der Waals surface area contributed by atoms with Crippen molar-refractivity contribution < 1.29 is 0 Å². The number of nitriles is 1. The molecule has 2 aromatic carbocycles. The molecule has 0 spiro atoms. The van der Waals surface area contributed by atoms with Crippen molar-refractivity contribution in [2.45, 2.75) is 13.8 Å². The van der Waals surface area contributed by atoms with Gasteiger partial charge in [0.25, 0.3) is 0 Å². The minimum Gasteiger partial charge on any atom is -0.368 e. The molecule has 27 heavy (non-hydrogen) atoms. The predicted octanol–water partition coefficient (Wildman–Crippen LogP) is 3.08. The molecule has 0 saturated carbocycles. The van der Waals surface area contributed by atoms with Gasteiger partial charge in [-0.05, 0) is 43.2 Å². The van der Waals surface area contributed by atoms with E-state index < -0.39 is 0 Å². The fourth-order valence-electron chi connectivity index (χ4n) is 3.44. The van der Waals surface area contributed by atoms with Crippen molar-refractivity contribution >= 4 is 11.5 Å². The minimum atomic E-state index is 0.379. The zero-order chi connectivity index (χ0) is 18.8. The van der Waals surface area contributed by atoms with Crippen LogP contribution in [0.15, 0.2) is 48.5 Å². The summed E-state index contributed by atoms with van der Waals surface area (Å²) in [5, 5.41) is 18.7. The molecule has 0 radical (unpaired) electrons. The van der Waals surface area contributed by atoms with Crippen LogP contribution in [-0.4, -0.2) is 41.2 Å². The number of anilines is 2. The van der Waals surface area contributed by atoms with E-state index in [9.17, 15) is 5.26 Å². The Hall–Kier alpha value is -3.33. The van der Waals surface area contributed by atoms with Crippen LogP contribution in [0.3, 0.4) is 0 Å². The van der Waals surface area contributed by atoms with Gasteiger partial charge >= 0.3 is 0 Å². The van der Waals surface area contributed by atoms with Crippen LogP contribution in [0, 0.1) is 25.2 Å². The summed E-state index contributed by atoms with van der Waals surface area (Å²) in [6.45, 7) is 7.49. The van der Waals surface area contributed by atoms with E-state index in [0.717, 1.165) is 43.0 Å². The van der Waals surface area contributed by atoms with E-state index in [4.69, 9.17) is 0 Å². The van der Waals surface area contributed by atoms with Gasteiger partial charge in [-0.2, -0.15) is 5.26 Å². The molecule has 0 N–H and O–H groups in total. The third-order valence-corrected chi connectivity index (χ3v) is 4.98. The molecule has 0 aliphatic carbocycles. The van der Waals surface area contributed by atoms with Gasteiger partial charge in [0.05, 0.1) is 5.69 Å². The molecule has 1 aliphatic heterocycles. The molecule has 3 aromatic rings. The lowest BCUT2D eigenvalue weighted by Crippen LogP contribution is -2.47. The van der Waals surface area contributed by atoms with E-state index >= 15 is 0 Å². The maximum absolute atomic E-state index is 9.56. The molecule has 1 fully saturated rings. The molecule has 4 rings (SSSR count). The SMILES string of the molecule is Cc1ccc(C)c(-n2nc(C#N)c(N3CCN(c4ccccc4)CC3)n2)c1. The van der Waals surface area contributed by atoms with Crippen LogP contribution < -0.4 is 9.80 Å². The van der Waals surface area contributed by atoms with Gasteiger partial charge in [0.2, 0.25) is 5.69 Å². The molecule has 6 nitrogen and oxygen atoms in total. The molecule has 1 saturated heterocycles. The minimum absolute atomic E-state index is 0.379. The fourth-order valence-corrected chi connectivity index (χ4v) is 3.44. The number of nitrogens with zero attached hydrogens (tertiary/aromatic N) is 6. The first-order valence-corrected chi connectivity index (χ1v) is 9.16. The highest BCUT2D eigenvalue weighted by Crippen LogP contribution is 2.23. The van der Waals surface area contributed by atoms with Gasteiger partial charge < -0.3 is 9.80 Å². The second-order valence-electron chi connectivity index (χ2n) is 6.87. The summed E-state index contributed by atoms with van der Waals surface area (Å²) < 4.78 is 0. The maximum atomic E-state index is 9.56. The molecular formula is C21H22N6. The zero-order valence-electron chi connectivity index (χ0n) is 15.6. The number of rotatable bonds is 3. The zero-order valence-corrected chi connectivity index (χ0v) is 15.6. The average Bonchev–Trinajstić information content (AvgIpc) is 3.15. The number of hydrogen-bond donors (Lipinski definition) is 0. The van der Waals surface area contributed by atoms with Crippen molar-refractivity contribution in [2.24, 2.45) is 0 Å². The normalized spacial score (nSPS) is 14.3. The van der Waals surface area contributed by atoms with E-state index in [1.807, 2.05) is 26.0 Å². The van der Waals surface area contributed by atoms with Gasteiger partial charge in [0, 0.05) is 31.9 Å². The largest absolute Gasteiger partial charge is 0.368 e. The van der Waals surface area contributed by atoms with Crippen LogP contribution in [0.25, 0.3) is 5.69 Å². The lowest BCUT2D eigenvalue weighted by molar-refractivity contribution is 0.641. The van der Waals surface area contributed by atoms with E-state index in [1.54, 1.807) is 4.80 Å². The van der Waals surface area contributed by atoms with Crippen molar-refractivity contribution in [1.29, 1.82) is 5.26 Å². The predicted molar refractivity (Wildman–Crippen MR) is 106 cm³/mol. The Bertz CT molecular complexity index is 978. The second-order valence-corrected chi connectivity index (χ2v) is 6.87. The smallest absolute Gasteiger partial charge is 0.207 e. The Morgan fingerprint density at radius 2 is 1.59 bits per heavy atom. The number of aryl methyl sites for hydroxylation is 2. The highest BCUT2D eigenvalue weighted by molar-refractivity contribution is 5.54. The Balaban J connectivity index is 1.57. The molecule has 0 bridgehead atoms. The topological polar surface area (TPSA) is 61.0 Å². The Morgan fingerprint density at radius 3 is 2.30 bits per heavy atom. The van der Waals surface area contributed by atoms with Gasteiger partial charge in [0.15, 0.2) is 5.82 Å². The first kappa shape index (κ1) is 17.1. The molecule has 0 unspecified atom stereocenters. The first-order chi connectivity index (χ1) is 13.2. The maximum Gasteiger partial charge on any atom is 0.207 e. The monoisotopic (exact) mass is 358 g/mol. The van der Waals surface area contributed by atoms with Gasteiger partial charge in [-0.15, -0.1) is 15.0 Å². The van der Waals surface area contributed by atoms with Crippen LogP contribution in [0.1, 0.15) is 16.8 Å². The van der Waals surface area contributed by atoms with Gasteiger partial charge in [-0.3, -0.25) is 0 Å². The first-order valence-electron chi connectivity index (χ1n) is 9.16. The highest BCUT2D eigenvalue weighted by Gasteiger charge is 2.24. The Morgan fingerprint density at radius 1 is 0.889 bits per heavy atom.